The summed E-state index contributed by atoms with van der Waals surface area (Å²) in [6.07, 6.45) is 0. The third-order valence-electron chi connectivity index (χ3n) is 6.22. The van der Waals surface area contributed by atoms with Gasteiger partial charge in [0.25, 0.3) is 0 Å². The second kappa shape index (κ2) is 18.8. The molecular formula is C34H40Cl2P2Pt+2. The van der Waals surface area contributed by atoms with E-state index in [9.17, 15) is 0 Å². The maximum absolute atomic E-state index is 4.88. The van der Waals surface area contributed by atoms with E-state index in [0.717, 1.165) is 0 Å². The van der Waals surface area contributed by atoms with Crippen LogP contribution in [0.3, 0.4) is 0 Å². The van der Waals surface area contributed by atoms with E-state index in [4.69, 9.17) is 18.8 Å². The molecule has 5 heteroatoms. The minimum atomic E-state index is -0.764. The molecule has 208 valence electrons. The number of rotatable bonds is 8. The Balaban J connectivity index is 0.000000249. The van der Waals surface area contributed by atoms with Crippen molar-refractivity contribution in [3.63, 3.8) is 0 Å². The van der Waals surface area contributed by atoms with E-state index in [1.54, 1.807) is 0 Å². The van der Waals surface area contributed by atoms with Gasteiger partial charge in [-0.2, -0.15) is 0 Å². The van der Waals surface area contributed by atoms with Gasteiger partial charge in [0, 0.05) is 11.1 Å². The van der Waals surface area contributed by atoms with Crippen molar-refractivity contribution in [1.29, 1.82) is 0 Å². The van der Waals surface area contributed by atoms with Crippen molar-refractivity contribution in [2.75, 3.05) is 0 Å². The molecule has 0 amide bonds. The zero-order chi connectivity index (χ0) is 28.6. The summed E-state index contributed by atoms with van der Waals surface area (Å²) < 4.78 is 0. The summed E-state index contributed by atoms with van der Waals surface area (Å²) in [7, 11) is 8.22. The summed E-state index contributed by atoms with van der Waals surface area (Å²) in [5, 5.41) is 5.52. The van der Waals surface area contributed by atoms with Crippen LogP contribution >= 0.6 is 34.7 Å². The first-order valence-electron chi connectivity index (χ1n) is 13.0. The summed E-state index contributed by atoms with van der Waals surface area (Å²) in [6.45, 7) is 17.9. The van der Waals surface area contributed by atoms with Gasteiger partial charge in [0.15, 0.2) is 0 Å². The van der Waals surface area contributed by atoms with Crippen LogP contribution in [0.5, 0.6) is 0 Å². The summed E-state index contributed by atoms with van der Waals surface area (Å²) in [6, 6.07) is 42.7. The SMILES string of the molecule is C=C(c1ccccc1)[PH+](c1ccccc1)C(C)C.C=C(c1ccccc1)[PH+](c1ccccc1)C(C)C.[Cl][Pt][Cl]. The molecule has 0 saturated carbocycles. The predicted octanol–water partition coefficient (Wildman–Crippen LogP) is 10.6. The van der Waals surface area contributed by atoms with Crippen LogP contribution in [-0.4, -0.2) is 11.3 Å². The van der Waals surface area contributed by atoms with E-state index >= 15 is 0 Å². The zero-order valence-electron chi connectivity index (χ0n) is 23.2. The number of hydrogen-bond donors (Lipinski definition) is 0. The van der Waals surface area contributed by atoms with Crippen LogP contribution in [0.2, 0.25) is 0 Å². The molecular weight excluding hydrogens is 736 g/mol. The van der Waals surface area contributed by atoms with Crippen LogP contribution in [0.15, 0.2) is 134 Å². The van der Waals surface area contributed by atoms with Gasteiger partial charge in [0.2, 0.25) is 0 Å². The zero-order valence-corrected chi connectivity index (χ0v) is 29.0. The monoisotopic (exact) mass is 775 g/mol. The van der Waals surface area contributed by atoms with Crippen molar-refractivity contribution >= 4 is 55.9 Å². The molecule has 0 aromatic heterocycles. The van der Waals surface area contributed by atoms with Crippen LogP contribution in [0.4, 0.5) is 0 Å². The molecule has 4 aromatic rings. The maximum atomic E-state index is 4.88. The Hall–Kier alpha value is -1.51. The molecule has 0 radical (unpaired) electrons. The summed E-state index contributed by atoms with van der Waals surface area (Å²) in [5.74, 6) is 0. The molecule has 0 aliphatic rings. The van der Waals surface area contributed by atoms with Gasteiger partial charge in [-0.1, -0.05) is 110 Å². The number of halogens is 2. The molecule has 4 rings (SSSR count). The van der Waals surface area contributed by atoms with Crippen LogP contribution in [0.1, 0.15) is 38.8 Å². The van der Waals surface area contributed by atoms with Crippen LogP contribution in [-0.2, 0) is 16.5 Å². The van der Waals surface area contributed by atoms with E-state index in [-0.39, 0.29) is 0 Å². The van der Waals surface area contributed by atoms with E-state index in [1.165, 1.54) is 32.4 Å². The van der Waals surface area contributed by atoms with E-state index in [0.29, 0.717) is 11.3 Å². The van der Waals surface area contributed by atoms with Crippen LogP contribution in [0.25, 0.3) is 10.6 Å². The van der Waals surface area contributed by atoms with Gasteiger partial charge in [-0.25, -0.2) is 0 Å². The first-order chi connectivity index (χ1) is 18.8. The van der Waals surface area contributed by atoms with Gasteiger partial charge >= 0.3 is 35.3 Å². The quantitative estimate of drug-likeness (QED) is 0.156. The average Bonchev–Trinajstić information content (AvgIpc) is 2.96. The van der Waals surface area contributed by atoms with E-state index in [2.05, 4.69) is 162 Å². The number of benzene rings is 4. The molecule has 0 fully saturated rings. The van der Waals surface area contributed by atoms with Crippen molar-refractivity contribution < 1.29 is 16.5 Å². The van der Waals surface area contributed by atoms with Gasteiger partial charge in [-0.05, 0) is 52.0 Å². The van der Waals surface area contributed by atoms with Gasteiger partial charge in [0.1, 0.15) is 0 Å². The van der Waals surface area contributed by atoms with Gasteiger partial charge in [0.05, 0.1) is 48.4 Å². The first-order valence-corrected chi connectivity index (χ1v) is 21.8. The second-order valence-corrected chi connectivity index (χ2v) is 19.2. The molecule has 4 aromatic carbocycles. The molecule has 0 nitrogen and oxygen atoms in total. The average molecular weight is 777 g/mol. The first kappa shape index (κ1) is 33.7. The van der Waals surface area contributed by atoms with Crippen molar-refractivity contribution in [3.05, 3.63) is 146 Å². The fourth-order valence-corrected chi connectivity index (χ4v) is 10.0. The molecule has 0 saturated heterocycles. The van der Waals surface area contributed by atoms with E-state index < -0.39 is 32.3 Å². The Kier molecular flexibility index (Phi) is 16.2. The Morgan fingerprint density at radius 1 is 0.513 bits per heavy atom. The normalized spacial score (nSPS) is 12.0. The third kappa shape index (κ3) is 11.1. The Morgan fingerprint density at radius 3 is 0.974 bits per heavy atom. The van der Waals surface area contributed by atoms with Gasteiger partial charge in [-0.15, -0.1) is 0 Å². The predicted molar refractivity (Wildman–Crippen MR) is 182 cm³/mol. The van der Waals surface area contributed by atoms with Crippen LogP contribution in [0, 0.1) is 0 Å². The van der Waals surface area contributed by atoms with Gasteiger partial charge in [-0.3, -0.25) is 0 Å². The number of hydrogen-bond acceptors (Lipinski definition) is 0. The van der Waals surface area contributed by atoms with Crippen molar-refractivity contribution in [1.82, 2.24) is 0 Å². The molecule has 0 aliphatic heterocycles. The molecule has 2 unspecified atom stereocenters. The Morgan fingerprint density at radius 2 is 0.744 bits per heavy atom. The topological polar surface area (TPSA) is 0 Å². The summed E-state index contributed by atoms with van der Waals surface area (Å²) >= 11 is -0.472. The van der Waals surface area contributed by atoms with Crippen molar-refractivity contribution in [2.24, 2.45) is 0 Å². The summed E-state index contributed by atoms with van der Waals surface area (Å²) in [5.41, 5.74) is 3.85. The standard InChI is InChI=1S/2C17H19P.2ClH.Pt/c2*1-14(2)18(17-12-8-5-9-13-17)15(3)16-10-6-4-7-11-16;;;/h2*4-14H,3H2,1-2H3;2*1H;/q;;;;+2. The van der Waals surface area contributed by atoms with E-state index in [1.807, 2.05) is 0 Å². The third-order valence-corrected chi connectivity index (χ3v) is 12.3. The molecule has 39 heavy (non-hydrogen) atoms. The molecule has 0 heterocycles. The molecule has 2 atom stereocenters. The molecule has 0 aliphatic carbocycles. The Labute approximate surface area is 255 Å². The van der Waals surface area contributed by atoms with Gasteiger partial charge < -0.3 is 0 Å². The minimum absolute atomic E-state index is 0.472. The van der Waals surface area contributed by atoms with Crippen molar-refractivity contribution in [3.8, 4) is 0 Å². The molecule has 0 bridgehead atoms. The fourth-order valence-electron chi connectivity index (χ4n) is 4.54. The Bertz CT molecular complexity index is 1130. The molecule has 0 spiro atoms. The van der Waals surface area contributed by atoms with Crippen LogP contribution < -0.4 is 10.6 Å². The fraction of sp³-hybridized carbons (Fsp3) is 0.176. The van der Waals surface area contributed by atoms with Crippen molar-refractivity contribution in [2.45, 2.75) is 39.0 Å². The second-order valence-electron chi connectivity index (χ2n) is 9.60. The summed E-state index contributed by atoms with van der Waals surface area (Å²) in [4.78, 5) is 0. The molecule has 0 N–H and O–H groups in total.